The van der Waals surface area contributed by atoms with E-state index in [4.69, 9.17) is 0 Å². The van der Waals surface area contributed by atoms with Crippen molar-refractivity contribution in [2.24, 2.45) is 7.05 Å². The maximum absolute atomic E-state index is 15.5. The molecule has 0 amide bonds. The van der Waals surface area contributed by atoms with Gasteiger partial charge in [0.15, 0.2) is 11.5 Å². The molecular weight excluding hydrogens is 576 g/mol. The number of piperazine rings is 1. The monoisotopic (exact) mass is 601 g/mol. The minimum absolute atomic E-state index is 0.0259. The van der Waals surface area contributed by atoms with Gasteiger partial charge in [0.1, 0.15) is 5.82 Å². The molecule has 0 saturated carbocycles. The molecule has 0 N–H and O–H groups in total. The topological polar surface area (TPSA) is 64.1 Å². The molecule has 8 nitrogen and oxygen atoms in total. The van der Waals surface area contributed by atoms with Gasteiger partial charge >= 0.3 is 11.9 Å². The van der Waals surface area contributed by atoms with Crippen molar-refractivity contribution in [1.82, 2.24) is 28.8 Å². The van der Waals surface area contributed by atoms with E-state index < -0.39 is 45.8 Å². The van der Waals surface area contributed by atoms with Crippen LogP contribution in [0.5, 0.6) is 0 Å². The second-order valence-electron chi connectivity index (χ2n) is 10.5. The van der Waals surface area contributed by atoms with E-state index in [1.165, 1.54) is 48.3 Å². The van der Waals surface area contributed by atoms with Gasteiger partial charge < -0.3 is 14.4 Å². The summed E-state index contributed by atoms with van der Waals surface area (Å²) in [6.07, 6.45) is -0.924. The smallest absolute Gasteiger partial charge is 0.368 e. The predicted molar refractivity (Wildman–Crippen MR) is 149 cm³/mol. The Morgan fingerprint density at radius 1 is 0.930 bits per heavy atom. The molecule has 5 heterocycles. The lowest BCUT2D eigenvalue weighted by Gasteiger charge is -2.35. The molecule has 5 aromatic rings. The van der Waals surface area contributed by atoms with Crippen LogP contribution in [-0.4, -0.2) is 62.0 Å². The molecule has 1 saturated heterocycles. The largest absolute Gasteiger partial charge is 0.418 e. The van der Waals surface area contributed by atoms with Gasteiger partial charge in [0, 0.05) is 63.1 Å². The molecule has 4 aromatic heterocycles. The van der Waals surface area contributed by atoms with Crippen LogP contribution in [-0.2, 0) is 13.2 Å². The number of anilines is 1. The first-order valence-electron chi connectivity index (χ1n) is 13.3. The average Bonchev–Trinajstić information content (AvgIpc) is 3.40. The third-order valence-corrected chi connectivity index (χ3v) is 7.78. The molecule has 1 fully saturated rings. The van der Waals surface area contributed by atoms with Gasteiger partial charge in [0.2, 0.25) is 0 Å². The lowest BCUT2D eigenvalue weighted by Crippen LogP contribution is -2.45. The molecule has 0 radical (unpaired) electrons. The molecule has 0 bridgehead atoms. The molecule has 43 heavy (non-hydrogen) atoms. The van der Waals surface area contributed by atoms with Crippen molar-refractivity contribution in [1.29, 1.82) is 0 Å². The number of aryl methyl sites for hydroxylation is 1. The van der Waals surface area contributed by atoms with Gasteiger partial charge in [-0.3, -0.25) is 9.55 Å². The Bertz CT molecular complexity index is 1930. The van der Waals surface area contributed by atoms with Crippen molar-refractivity contribution in [3.63, 3.8) is 0 Å². The Morgan fingerprint density at radius 3 is 2.35 bits per heavy atom. The zero-order chi connectivity index (χ0) is 30.8. The van der Waals surface area contributed by atoms with Gasteiger partial charge in [-0.25, -0.2) is 18.6 Å². The fourth-order valence-electron chi connectivity index (χ4n) is 5.39. The summed E-state index contributed by atoms with van der Waals surface area (Å²) in [6.45, 7) is 3.21. The van der Waals surface area contributed by atoms with Crippen LogP contribution >= 0.6 is 0 Å². The van der Waals surface area contributed by atoms with Gasteiger partial charge in [-0.1, -0.05) is 4.48 Å². The Labute approximate surface area is 241 Å². The van der Waals surface area contributed by atoms with E-state index >= 15 is 4.39 Å². The van der Waals surface area contributed by atoms with Gasteiger partial charge in [-0.2, -0.15) is 18.0 Å². The molecule has 1 aliphatic rings. The summed E-state index contributed by atoms with van der Waals surface area (Å²) in [6, 6.07) is 6.57. The number of alkyl halides is 3. The maximum atomic E-state index is 15.5. The molecule has 1 aromatic carbocycles. The number of pyridine rings is 2. The number of hydrogen-bond donors (Lipinski definition) is 0. The number of likely N-dealkylation sites (N-methyl/N-ethyl adjacent to an activating group) is 1. The molecule has 0 atom stereocenters. The normalized spacial score (nSPS) is 14.7. The van der Waals surface area contributed by atoms with E-state index in [1.54, 1.807) is 4.90 Å². The molecule has 0 aliphatic carbocycles. The Kier molecular flexibility index (Phi) is 6.83. The highest BCUT2D eigenvalue weighted by atomic mass is 19.4. The van der Waals surface area contributed by atoms with Crippen molar-refractivity contribution in [3.8, 4) is 28.2 Å². The van der Waals surface area contributed by atoms with Crippen LogP contribution in [0.1, 0.15) is 11.3 Å². The highest BCUT2D eigenvalue weighted by Gasteiger charge is 2.36. The van der Waals surface area contributed by atoms with Crippen LogP contribution in [0.15, 0.2) is 53.7 Å². The average molecular weight is 602 g/mol. The molecule has 1 aliphatic heterocycles. The van der Waals surface area contributed by atoms with E-state index in [-0.39, 0.29) is 38.7 Å². The number of benzene rings is 1. The van der Waals surface area contributed by atoms with Gasteiger partial charge in [0.05, 0.1) is 33.7 Å². The maximum Gasteiger partial charge on any atom is 0.418 e. The number of fused-ring (bicyclic) bond motifs is 1. The van der Waals surface area contributed by atoms with Crippen LogP contribution in [0.4, 0.5) is 32.1 Å². The Morgan fingerprint density at radius 2 is 1.65 bits per heavy atom. The first kappa shape index (κ1) is 28.5. The predicted octanol–water partition coefficient (Wildman–Crippen LogP) is 5.34. The summed E-state index contributed by atoms with van der Waals surface area (Å²) < 4.78 is 89.6. The summed E-state index contributed by atoms with van der Waals surface area (Å²) >= 11 is 0. The van der Waals surface area contributed by atoms with Gasteiger partial charge in [-0.15, -0.1) is 0 Å². The zero-order valence-corrected chi connectivity index (χ0v) is 23.3. The second kappa shape index (κ2) is 10.3. The summed E-state index contributed by atoms with van der Waals surface area (Å²) in [7, 11) is 3.35. The van der Waals surface area contributed by atoms with Crippen molar-refractivity contribution < 1.29 is 26.4 Å². The first-order valence-corrected chi connectivity index (χ1v) is 13.3. The van der Waals surface area contributed by atoms with Gasteiger partial charge in [-0.05, 0) is 49.9 Å². The molecule has 0 unspecified atom stereocenters. The SMILES string of the molecule is Cc1c(F)c2c(F)c(-c3ccnc(-c4cn(C)c(=O)n4-c4ccc(N5CCN(C)CC5)c(C(F)(F)F)c4)c3)cnc2n1F. The van der Waals surface area contributed by atoms with Crippen molar-refractivity contribution >= 4 is 16.7 Å². The number of imidazole rings is 1. The summed E-state index contributed by atoms with van der Waals surface area (Å²) in [4.78, 5) is 25.1. The minimum atomic E-state index is -4.69. The molecule has 14 heteroatoms. The van der Waals surface area contributed by atoms with Crippen LogP contribution in [0.3, 0.4) is 0 Å². The minimum Gasteiger partial charge on any atom is -0.368 e. The van der Waals surface area contributed by atoms with Crippen molar-refractivity contribution in [3.05, 3.63) is 82.3 Å². The van der Waals surface area contributed by atoms with Crippen LogP contribution in [0.25, 0.3) is 39.2 Å². The van der Waals surface area contributed by atoms with E-state index in [1.807, 2.05) is 11.9 Å². The van der Waals surface area contributed by atoms with Crippen LogP contribution in [0, 0.1) is 18.6 Å². The summed E-state index contributed by atoms with van der Waals surface area (Å²) in [5.41, 5.74) is -2.15. The number of rotatable bonds is 4. The summed E-state index contributed by atoms with van der Waals surface area (Å²) in [5, 5.41) is -0.618. The first-order chi connectivity index (χ1) is 20.4. The quantitative estimate of drug-likeness (QED) is 0.260. The zero-order valence-electron chi connectivity index (χ0n) is 23.3. The Hall–Kier alpha value is -4.59. The number of hydrogen-bond acceptors (Lipinski definition) is 5. The van der Waals surface area contributed by atoms with Crippen molar-refractivity contribution in [2.75, 3.05) is 38.1 Å². The highest BCUT2D eigenvalue weighted by molar-refractivity contribution is 5.85. The van der Waals surface area contributed by atoms with E-state index in [9.17, 15) is 26.8 Å². The molecule has 6 rings (SSSR count). The van der Waals surface area contributed by atoms with Crippen LogP contribution < -0.4 is 10.6 Å². The van der Waals surface area contributed by atoms with Crippen LogP contribution in [0.2, 0.25) is 0 Å². The number of nitrogens with zero attached hydrogens (tertiary/aromatic N) is 7. The van der Waals surface area contributed by atoms with E-state index in [0.29, 0.717) is 26.2 Å². The van der Waals surface area contributed by atoms with Crippen molar-refractivity contribution in [2.45, 2.75) is 13.1 Å². The number of aromatic nitrogens is 5. The third kappa shape index (κ3) is 4.75. The fourth-order valence-corrected chi connectivity index (χ4v) is 5.39. The molecular formula is C29H25F6N7O. The summed E-state index contributed by atoms with van der Waals surface area (Å²) in [5.74, 6) is -2.13. The lowest BCUT2D eigenvalue weighted by molar-refractivity contribution is -0.137. The fraction of sp³-hybridized carbons (Fsp3) is 0.276. The highest BCUT2D eigenvalue weighted by Crippen LogP contribution is 2.39. The van der Waals surface area contributed by atoms with Gasteiger partial charge in [0.25, 0.3) is 0 Å². The molecule has 0 spiro atoms. The lowest BCUT2D eigenvalue weighted by atomic mass is 10.1. The Balaban J connectivity index is 1.47. The molecule has 224 valence electrons. The van der Waals surface area contributed by atoms with E-state index in [2.05, 4.69) is 9.97 Å². The number of halogens is 6. The van der Waals surface area contributed by atoms with E-state index in [0.717, 1.165) is 23.8 Å². The second-order valence-corrected chi connectivity index (χ2v) is 10.5. The third-order valence-electron chi connectivity index (χ3n) is 7.78. The standard InChI is InChI=1S/C29H25F6N7O/c1-16-25(30)24-26(31)19(14-37-27(24)42(16)35)17-6-7-36-21(12-17)23-15-39(3)28(43)41(23)18-4-5-22(20(13-18)29(32,33)34)40-10-8-38(2)9-11-40/h4-7,12-15H,8-11H2,1-3H3.